The Morgan fingerprint density at radius 2 is 2.13 bits per heavy atom. The van der Waals surface area contributed by atoms with Gasteiger partial charge in [-0.05, 0) is 49.4 Å². The van der Waals surface area contributed by atoms with E-state index < -0.39 is 0 Å². The molecule has 0 radical (unpaired) electrons. The summed E-state index contributed by atoms with van der Waals surface area (Å²) >= 11 is 0. The Balaban J connectivity index is 1.52. The van der Waals surface area contributed by atoms with E-state index in [4.69, 9.17) is 4.74 Å². The third kappa shape index (κ3) is 4.45. The van der Waals surface area contributed by atoms with Gasteiger partial charge in [-0.3, -0.25) is 15.0 Å². The number of urea groups is 1. The lowest BCUT2D eigenvalue weighted by atomic mass is 9.99. The molecule has 1 fully saturated rings. The molecular formula is C17H23N3O3. The van der Waals surface area contributed by atoms with E-state index in [1.165, 1.54) is 11.1 Å². The molecular weight excluding hydrogens is 294 g/mol. The molecule has 1 saturated carbocycles. The second kappa shape index (κ2) is 7.00. The molecule has 0 unspecified atom stereocenters. The number of fused-ring (bicyclic) bond motifs is 1. The van der Waals surface area contributed by atoms with Crippen molar-refractivity contribution in [3.05, 3.63) is 29.3 Å². The van der Waals surface area contributed by atoms with Gasteiger partial charge in [-0.2, -0.15) is 0 Å². The van der Waals surface area contributed by atoms with Gasteiger partial charge in [0, 0.05) is 19.1 Å². The van der Waals surface area contributed by atoms with E-state index in [2.05, 4.69) is 21.6 Å². The van der Waals surface area contributed by atoms with Crippen LogP contribution in [0.2, 0.25) is 0 Å². The molecule has 0 atom stereocenters. The fraction of sp³-hybridized carbons (Fsp3) is 0.529. The Morgan fingerprint density at radius 1 is 1.30 bits per heavy atom. The smallest absolute Gasteiger partial charge is 0.321 e. The predicted molar refractivity (Wildman–Crippen MR) is 86.3 cm³/mol. The molecule has 1 aliphatic carbocycles. The number of carbonyl (C=O) groups excluding carboxylic acids is 2. The number of hydrogen-bond acceptors (Lipinski definition) is 4. The molecule has 3 amide bonds. The molecule has 0 saturated heterocycles. The number of ether oxygens (including phenoxy) is 1. The molecule has 0 aromatic heterocycles. The molecule has 1 heterocycles. The van der Waals surface area contributed by atoms with Crippen LogP contribution in [-0.4, -0.2) is 42.6 Å². The summed E-state index contributed by atoms with van der Waals surface area (Å²) in [6.45, 7) is 4.35. The first-order chi connectivity index (χ1) is 11.1. The number of hydrogen-bond donors (Lipinski definition) is 2. The zero-order chi connectivity index (χ0) is 16.2. The summed E-state index contributed by atoms with van der Waals surface area (Å²) in [5.74, 6) is 0.605. The highest BCUT2D eigenvalue weighted by molar-refractivity contribution is 5.95. The Hall–Kier alpha value is -2.08. The Kier molecular flexibility index (Phi) is 4.81. The molecule has 23 heavy (non-hydrogen) atoms. The highest BCUT2D eigenvalue weighted by Gasteiger charge is 2.25. The number of nitrogens with one attached hydrogen (secondary N) is 2. The van der Waals surface area contributed by atoms with Crippen molar-refractivity contribution >= 4 is 11.9 Å². The molecule has 3 rings (SSSR count). The topological polar surface area (TPSA) is 70.7 Å². The van der Waals surface area contributed by atoms with Gasteiger partial charge in [-0.15, -0.1) is 0 Å². The summed E-state index contributed by atoms with van der Waals surface area (Å²) in [6.07, 6.45) is 2.92. The number of imide groups is 1. The van der Waals surface area contributed by atoms with Crippen molar-refractivity contribution in [2.45, 2.75) is 38.8 Å². The van der Waals surface area contributed by atoms with E-state index in [1.807, 2.05) is 19.1 Å². The van der Waals surface area contributed by atoms with Crippen molar-refractivity contribution < 1.29 is 14.3 Å². The van der Waals surface area contributed by atoms with Crippen molar-refractivity contribution in [1.82, 2.24) is 15.5 Å². The molecule has 2 aliphatic rings. The van der Waals surface area contributed by atoms with Gasteiger partial charge < -0.3 is 10.1 Å². The summed E-state index contributed by atoms with van der Waals surface area (Å²) in [4.78, 5) is 25.6. The van der Waals surface area contributed by atoms with E-state index in [-0.39, 0.29) is 24.5 Å². The van der Waals surface area contributed by atoms with Crippen molar-refractivity contribution in [1.29, 1.82) is 0 Å². The molecule has 1 aromatic rings. The lowest BCUT2D eigenvalue weighted by Crippen LogP contribution is -2.46. The van der Waals surface area contributed by atoms with E-state index >= 15 is 0 Å². The first-order valence-electron chi connectivity index (χ1n) is 8.21. The summed E-state index contributed by atoms with van der Waals surface area (Å²) < 4.78 is 5.53. The second-order valence-corrected chi connectivity index (χ2v) is 6.12. The van der Waals surface area contributed by atoms with Crippen LogP contribution in [0.25, 0.3) is 0 Å². The molecule has 124 valence electrons. The molecule has 1 aromatic carbocycles. The zero-order valence-electron chi connectivity index (χ0n) is 13.4. The van der Waals surface area contributed by atoms with Crippen molar-refractivity contribution in [3.8, 4) is 5.75 Å². The first kappa shape index (κ1) is 15.8. The fourth-order valence-electron chi connectivity index (χ4n) is 2.80. The summed E-state index contributed by atoms with van der Waals surface area (Å²) in [7, 11) is 0. The van der Waals surface area contributed by atoms with Gasteiger partial charge in [0.15, 0.2) is 0 Å². The molecule has 2 N–H and O–H groups in total. The number of carbonyl (C=O) groups is 2. The normalized spacial score (nSPS) is 17.3. The largest absolute Gasteiger partial charge is 0.494 e. The predicted octanol–water partition coefficient (Wildman–Crippen LogP) is 1.43. The number of rotatable bonds is 5. The maximum atomic E-state index is 12.0. The monoisotopic (exact) mass is 317 g/mol. The highest BCUT2D eigenvalue weighted by atomic mass is 16.5. The van der Waals surface area contributed by atoms with Crippen LogP contribution in [0, 0.1) is 0 Å². The Morgan fingerprint density at radius 3 is 2.87 bits per heavy atom. The number of nitrogens with zero attached hydrogens (tertiary/aromatic N) is 1. The minimum Gasteiger partial charge on any atom is -0.494 e. The van der Waals surface area contributed by atoms with Crippen LogP contribution in [0.1, 0.15) is 30.9 Å². The summed E-state index contributed by atoms with van der Waals surface area (Å²) in [6, 6.07) is 6.01. The third-order valence-electron chi connectivity index (χ3n) is 4.11. The minimum atomic E-state index is -0.381. The van der Waals surface area contributed by atoms with Gasteiger partial charge in [-0.1, -0.05) is 6.07 Å². The molecule has 0 spiro atoms. The van der Waals surface area contributed by atoms with Crippen LogP contribution < -0.4 is 15.4 Å². The van der Waals surface area contributed by atoms with Gasteiger partial charge in [0.05, 0.1) is 13.2 Å². The van der Waals surface area contributed by atoms with Crippen LogP contribution in [0.3, 0.4) is 0 Å². The van der Waals surface area contributed by atoms with Gasteiger partial charge >= 0.3 is 6.03 Å². The first-order valence-corrected chi connectivity index (χ1v) is 8.21. The average molecular weight is 317 g/mol. The summed E-state index contributed by atoms with van der Waals surface area (Å²) in [5.41, 5.74) is 2.49. The SMILES string of the molecule is CCOc1ccc2c(c1)CN(CC(=O)NC(=O)NC1CC1)CC2. The van der Waals surface area contributed by atoms with Gasteiger partial charge in [-0.25, -0.2) is 4.79 Å². The minimum absolute atomic E-state index is 0.233. The lowest BCUT2D eigenvalue weighted by molar-refractivity contribution is -0.121. The Labute approximate surface area is 136 Å². The average Bonchev–Trinajstić information content (AvgIpc) is 3.30. The van der Waals surface area contributed by atoms with Gasteiger partial charge in [0.1, 0.15) is 5.75 Å². The molecule has 0 bridgehead atoms. The maximum Gasteiger partial charge on any atom is 0.321 e. The zero-order valence-corrected chi connectivity index (χ0v) is 13.4. The van der Waals surface area contributed by atoms with Crippen LogP contribution in [-0.2, 0) is 17.8 Å². The lowest BCUT2D eigenvalue weighted by Gasteiger charge is -2.28. The van der Waals surface area contributed by atoms with E-state index in [0.29, 0.717) is 13.2 Å². The fourth-order valence-corrected chi connectivity index (χ4v) is 2.80. The third-order valence-corrected chi connectivity index (χ3v) is 4.11. The molecule has 6 nitrogen and oxygen atoms in total. The van der Waals surface area contributed by atoms with Crippen molar-refractivity contribution in [2.24, 2.45) is 0 Å². The maximum absolute atomic E-state index is 12.0. The van der Waals surface area contributed by atoms with Gasteiger partial charge in [0.25, 0.3) is 0 Å². The van der Waals surface area contributed by atoms with Crippen LogP contribution in [0.15, 0.2) is 18.2 Å². The van der Waals surface area contributed by atoms with E-state index in [0.717, 1.165) is 31.6 Å². The van der Waals surface area contributed by atoms with E-state index in [1.54, 1.807) is 0 Å². The number of benzene rings is 1. The molecule has 1 aliphatic heterocycles. The quantitative estimate of drug-likeness (QED) is 0.862. The highest BCUT2D eigenvalue weighted by Crippen LogP contribution is 2.23. The molecule has 6 heteroatoms. The number of amides is 3. The van der Waals surface area contributed by atoms with E-state index in [9.17, 15) is 9.59 Å². The summed E-state index contributed by atoms with van der Waals surface area (Å²) in [5, 5.41) is 5.15. The van der Waals surface area contributed by atoms with Crippen molar-refractivity contribution in [3.63, 3.8) is 0 Å². The standard InChI is InChI=1S/C17H23N3O3/c1-2-23-15-6-3-12-7-8-20(10-13(12)9-15)11-16(21)19-17(22)18-14-4-5-14/h3,6,9,14H,2,4-5,7-8,10-11H2,1H3,(H2,18,19,21,22). The second-order valence-electron chi connectivity index (χ2n) is 6.12. The Bertz CT molecular complexity index is 599. The van der Waals surface area contributed by atoms with Crippen molar-refractivity contribution in [2.75, 3.05) is 19.7 Å². The van der Waals surface area contributed by atoms with Gasteiger partial charge in [0.2, 0.25) is 5.91 Å². The van der Waals surface area contributed by atoms with Crippen LogP contribution in [0.5, 0.6) is 5.75 Å². The van der Waals surface area contributed by atoms with Crippen LogP contribution >= 0.6 is 0 Å². The van der Waals surface area contributed by atoms with Crippen LogP contribution in [0.4, 0.5) is 4.79 Å².